The van der Waals surface area contributed by atoms with Crippen molar-refractivity contribution in [2.24, 2.45) is 11.8 Å². The van der Waals surface area contributed by atoms with Crippen molar-refractivity contribution in [3.63, 3.8) is 0 Å². The highest BCUT2D eigenvalue weighted by molar-refractivity contribution is 7.92. The fourth-order valence-electron chi connectivity index (χ4n) is 5.75. The van der Waals surface area contributed by atoms with E-state index in [0.717, 1.165) is 6.42 Å². The van der Waals surface area contributed by atoms with Gasteiger partial charge in [-0.1, -0.05) is 6.07 Å². The van der Waals surface area contributed by atoms with E-state index in [9.17, 15) is 31.2 Å². The topological polar surface area (TPSA) is 89.5 Å². The smallest absolute Gasteiger partial charge is 0.306 e. The van der Waals surface area contributed by atoms with Gasteiger partial charge < -0.3 is 10.1 Å². The first-order valence-corrected chi connectivity index (χ1v) is 12.2. The molecule has 2 aromatic rings. The van der Waals surface area contributed by atoms with Crippen molar-refractivity contribution in [1.29, 1.82) is 0 Å². The molecule has 4 atom stereocenters. The third-order valence-electron chi connectivity index (χ3n) is 7.09. The Hall–Kier alpha value is -2.88. The zero-order valence-electron chi connectivity index (χ0n) is 17.3. The van der Waals surface area contributed by atoms with Crippen LogP contribution in [-0.2, 0) is 19.4 Å². The number of carbonyl (C=O) groups is 2. The molecule has 0 aromatic heterocycles. The number of nitrogens with one attached hydrogen (secondary N) is 1. The van der Waals surface area contributed by atoms with Crippen molar-refractivity contribution in [2.45, 2.75) is 47.9 Å². The van der Waals surface area contributed by atoms with Gasteiger partial charge in [0.2, 0.25) is 0 Å². The van der Waals surface area contributed by atoms with Gasteiger partial charge in [-0.15, -0.1) is 0 Å². The van der Waals surface area contributed by atoms with E-state index in [1.165, 1.54) is 24.3 Å². The lowest BCUT2D eigenvalue weighted by atomic mass is 9.82. The number of anilines is 1. The Morgan fingerprint density at radius 2 is 1.82 bits per heavy atom. The number of fused-ring (bicyclic) bond motifs is 3. The van der Waals surface area contributed by atoms with Gasteiger partial charge in [0.05, 0.1) is 10.1 Å². The summed E-state index contributed by atoms with van der Waals surface area (Å²) in [5.41, 5.74) is -1.05. The van der Waals surface area contributed by atoms with Crippen molar-refractivity contribution < 1.29 is 35.9 Å². The fraction of sp³-hybridized carbons (Fsp3) is 0.391. The second-order valence-corrected chi connectivity index (χ2v) is 11.0. The molecule has 6 nitrogen and oxygen atoms in total. The molecule has 1 spiro atoms. The molecule has 10 heteroatoms. The summed E-state index contributed by atoms with van der Waals surface area (Å²) < 4.78 is 72.8. The van der Waals surface area contributed by atoms with Gasteiger partial charge in [-0.05, 0) is 49.8 Å². The number of ether oxygens (including phenoxy) is 1. The molecule has 2 saturated carbocycles. The van der Waals surface area contributed by atoms with Crippen LogP contribution in [0.5, 0.6) is 0 Å². The number of sulfone groups is 1. The molecule has 33 heavy (non-hydrogen) atoms. The Labute approximate surface area is 188 Å². The van der Waals surface area contributed by atoms with Crippen LogP contribution in [0.4, 0.5) is 18.9 Å². The number of hydrogen-bond acceptors (Lipinski definition) is 5. The minimum atomic E-state index is -3.84. The quantitative estimate of drug-likeness (QED) is 0.529. The van der Waals surface area contributed by atoms with Crippen LogP contribution in [0.15, 0.2) is 41.3 Å². The molecule has 1 aliphatic heterocycles. The van der Waals surface area contributed by atoms with Gasteiger partial charge in [-0.25, -0.2) is 21.6 Å². The Bertz CT molecular complexity index is 1260. The summed E-state index contributed by atoms with van der Waals surface area (Å²) in [7, 11) is -3.84. The van der Waals surface area contributed by atoms with Crippen molar-refractivity contribution in [1.82, 2.24) is 0 Å². The van der Waals surface area contributed by atoms with E-state index in [1.54, 1.807) is 0 Å². The minimum Gasteiger partial charge on any atom is -0.459 e. The first kappa shape index (κ1) is 21.9. The lowest BCUT2D eigenvalue weighted by molar-refractivity contribution is -0.152. The van der Waals surface area contributed by atoms with Gasteiger partial charge in [-0.2, -0.15) is 0 Å². The van der Waals surface area contributed by atoms with E-state index >= 15 is 0 Å². The van der Waals surface area contributed by atoms with Crippen LogP contribution >= 0.6 is 0 Å². The van der Waals surface area contributed by atoms with Crippen LogP contribution in [0.2, 0.25) is 0 Å². The summed E-state index contributed by atoms with van der Waals surface area (Å²) in [4.78, 5) is 24.3. The third-order valence-corrected chi connectivity index (χ3v) is 9.43. The maximum absolute atomic E-state index is 13.6. The number of carbonyl (C=O) groups excluding carboxylic acids is 2. The second kappa shape index (κ2) is 7.58. The van der Waals surface area contributed by atoms with E-state index in [-0.39, 0.29) is 40.4 Å². The van der Waals surface area contributed by atoms with Gasteiger partial charge >= 0.3 is 5.97 Å². The SMILES string of the molecule is O=C1CC[C@]2(CC3CCC2[C@@H]3S(=O)(=O)c2cccc(C(=O)Nc3cc(F)c(F)c(F)c3)c2)O1. The van der Waals surface area contributed by atoms with Crippen molar-refractivity contribution in [3.05, 3.63) is 59.4 Å². The maximum atomic E-state index is 13.6. The number of hydrogen-bond donors (Lipinski definition) is 1. The summed E-state index contributed by atoms with van der Waals surface area (Å²) in [5.74, 6) is -6.09. The van der Waals surface area contributed by atoms with E-state index in [2.05, 4.69) is 5.32 Å². The molecular formula is C23H20F3NO5S. The first-order chi connectivity index (χ1) is 15.6. The van der Waals surface area contributed by atoms with Crippen LogP contribution < -0.4 is 5.32 Å². The predicted molar refractivity (Wildman–Crippen MR) is 111 cm³/mol. The standard InChI is InChI=1S/C23H20F3NO5S/c24-17-9-14(10-18(25)20(17)26)27-22(29)12-2-1-3-15(8-12)33(30,31)21-13-4-5-16(21)23(11-13)7-6-19(28)32-23/h1-3,8-10,13,16,21H,4-7,11H2,(H,27,29)/t13?,16?,21-,23-/m1/s1. The van der Waals surface area contributed by atoms with Gasteiger partial charge in [0.25, 0.3) is 5.91 Å². The minimum absolute atomic E-state index is 0.0337. The molecule has 3 aliphatic rings. The number of rotatable bonds is 4. The molecule has 1 N–H and O–H groups in total. The zero-order chi connectivity index (χ0) is 23.5. The van der Waals surface area contributed by atoms with Gasteiger partial charge in [-0.3, -0.25) is 9.59 Å². The molecule has 174 valence electrons. The monoisotopic (exact) mass is 479 g/mol. The maximum Gasteiger partial charge on any atom is 0.306 e. The Morgan fingerprint density at radius 1 is 1.09 bits per heavy atom. The van der Waals surface area contributed by atoms with E-state index < -0.39 is 44.0 Å². The molecule has 2 aromatic carbocycles. The third kappa shape index (κ3) is 3.51. The molecule has 3 fully saturated rings. The van der Waals surface area contributed by atoms with Crippen molar-refractivity contribution >= 4 is 27.4 Å². The molecule has 1 heterocycles. The van der Waals surface area contributed by atoms with Crippen molar-refractivity contribution in [2.75, 3.05) is 5.32 Å². The molecule has 5 rings (SSSR count). The highest BCUT2D eigenvalue weighted by Gasteiger charge is 2.64. The van der Waals surface area contributed by atoms with Crippen LogP contribution in [0.1, 0.15) is 42.5 Å². The van der Waals surface area contributed by atoms with E-state index in [0.29, 0.717) is 31.4 Å². The summed E-state index contributed by atoms with van der Waals surface area (Å²) in [6.07, 6.45) is 2.72. The van der Waals surface area contributed by atoms with Crippen LogP contribution in [0.25, 0.3) is 0 Å². The molecular weight excluding hydrogens is 459 g/mol. The molecule has 2 bridgehead atoms. The molecule has 2 unspecified atom stereocenters. The van der Waals surface area contributed by atoms with Crippen molar-refractivity contribution in [3.8, 4) is 0 Å². The van der Waals surface area contributed by atoms with Gasteiger partial charge in [0.1, 0.15) is 5.60 Å². The Kier molecular flexibility index (Phi) is 5.04. The largest absolute Gasteiger partial charge is 0.459 e. The molecule has 1 amide bonds. The summed E-state index contributed by atoms with van der Waals surface area (Å²) in [5, 5.41) is 1.55. The van der Waals surface area contributed by atoms with Crippen LogP contribution in [-0.4, -0.2) is 31.1 Å². The first-order valence-electron chi connectivity index (χ1n) is 10.6. The normalized spacial score (nSPS) is 28.3. The van der Waals surface area contributed by atoms with E-state index in [1.807, 2.05) is 0 Å². The Balaban J connectivity index is 1.41. The number of halogens is 3. The second-order valence-electron chi connectivity index (χ2n) is 8.93. The zero-order valence-corrected chi connectivity index (χ0v) is 18.1. The summed E-state index contributed by atoms with van der Waals surface area (Å²) in [6.45, 7) is 0. The predicted octanol–water partition coefficient (Wildman–Crippen LogP) is 4.00. The fourth-order valence-corrected chi connectivity index (χ4v) is 8.18. The van der Waals surface area contributed by atoms with Gasteiger partial charge in [0.15, 0.2) is 27.3 Å². The molecule has 2 aliphatic carbocycles. The number of amides is 1. The number of benzene rings is 2. The summed E-state index contributed by atoms with van der Waals surface area (Å²) >= 11 is 0. The number of esters is 1. The van der Waals surface area contributed by atoms with E-state index in [4.69, 9.17) is 4.74 Å². The van der Waals surface area contributed by atoms with Crippen LogP contribution in [0.3, 0.4) is 0 Å². The Morgan fingerprint density at radius 3 is 2.48 bits per heavy atom. The lowest BCUT2D eigenvalue weighted by Crippen LogP contribution is -2.38. The highest BCUT2D eigenvalue weighted by Crippen LogP contribution is 2.59. The molecule has 1 saturated heterocycles. The average molecular weight is 479 g/mol. The van der Waals surface area contributed by atoms with Gasteiger partial charge in [0, 0.05) is 35.7 Å². The average Bonchev–Trinajstić information content (AvgIpc) is 3.45. The van der Waals surface area contributed by atoms with Crippen LogP contribution in [0, 0.1) is 29.3 Å². The molecule has 0 radical (unpaired) electrons. The lowest BCUT2D eigenvalue weighted by Gasteiger charge is -2.32. The summed E-state index contributed by atoms with van der Waals surface area (Å²) in [6, 6.07) is 6.66. The highest BCUT2D eigenvalue weighted by atomic mass is 32.2.